The van der Waals surface area contributed by atoms with E-state index in [0.717, 1.165) is 5.76 Å². The number of hydrogen-bond acceptors (Lipinski definition) is 1. The molecule has 0 amide bonds. The van der Waals surface area contributed by atoms with Crippen LogP contribution in [0.5, 0.6) is 0 Å². The van der Waals surface area contributed by atoms with Gasteiger partial charge in [-0.05, 0) is 0 Å². The highest BCUT2D eigenvalue weighted by Crippen LogP contribution is 2.22. The molecule has 3 heteroatoms. The van der Waals surface area contributed by atoms with Gasteiger partial charge in [0, 0.05) is 0 Å². The van der Waals surface area contributed by atoms with Crippen LogP contribution in [0.1, 0.15) is 0 Å². The predicted octanol–water partition coefficient (Wildman–Crippen LogP) is 1.71. The molecule has 0 N–H and O–H groups in total. The third-order valence-electron chi connectivity index (χ3n) is 0.709. The smallest absolute Gasteiger partial charge is 0.150 e. The number of rotatable bonds is 1. The van der Waals surface area contributed by atoms with Crippen molar-refractivity contribution in [2.24, 2.45) is 0 Å². The van der Waals surface area contributed by atoms with Crippen molar-refractivity contribution in [3.8, 4) is 0 Å². The van der Waals surface area contributed by atoms with Gasteiger partial charge in [-0.2, -0.15) is 0 Å². The van der Waals surface area contributed by atoms with E-state index in [1.165, 1.54) is 0 Å². The SMILES string of the molecule is ClCC(Cl)=C1CO1. The lowest BCUT2D eigenvalue weighted by atomic mass is 10.6. The molecule has 0 aliphatic carbocycles. The second kappa shape index (κ2) is 1.93. The molecule has 0 atom stereocenters. The van der Waals surface area contributed by atoms with Crippen LogP contribution in [0, 0.1) is 0 Å². The molecule has 7 heavy (non-hydrogen) atoms. The summed E-state index contributed by atoms with van der Waals surface area (Å²) in [5.74, 6) is 1.22. The van der Waals surface area contributed by atoms with Gasteiger partial charge in [0.1, 0.15) is 12.4 Å². The zero-order chi connectivity index (χ0) is 5.28. The summed E-state index contributed by atoms with van der Waals surface area (Å²) in [6, 6.07) is 0. The molecule has 0 aromatic carbocycles. The summed E-state index contributed by atoms with van der Waals surface area (Å²) < 4.78 is 4.72. The molecule has 1 fully saturated rings. The molecular weight excluding hydrogens is 135 g/mol. The van der Waals surface area contributed by atoms with Gasteiger partial charge < -0.3 is 4.74 Å². The zero-order valence-corrected chi connectivity index (χ0v) is 5.09. The maximum absolute atomic E-state index is 5.49. The summed E-state index contributed by atoms with van der Waals surface area (Å²) in [6.07, 6.45) is 0. The standard InChI is InChI=1S/C4H4Cl2O/c5-1-3(6)4-2-7-4/h1-2H2. The summed E-state index contributed by atoms with van der Waals surface area (Å²) in [4.78, 5) is 0. The number of hydrogen-bond donors (Lipinski definition) is 0. The molecule has 0 aromatic heterocycles. The quantitative estimate of drug-likeness (QED) is 0.397. The minimum atomic E-state index is 0.372. The first-order valence-corrected chi connectivity index (χ1v) is 2.82. The van der Waals surface area contributed by atoms with E-state index in [-0.39, 0.29) is 0 Å². The van der Waals surface area contributed by atoms with Gasteiger partial charge in [-0.1, -0.05) is 11.6 Å². The van der Waals surface area contributed by atoms with Gasteiger partial charge in [0.15, 0.2) is 0 Å². The van der Waals surface area contributed by atoms with Crippen molar-refractivity contribution in [1.29, 1.82) is 0 Å². The number of allylic oxidation sites excluding steroid dienone is 1. The summed E-state index contributed by atoms with van der Waals surface area (Å²) in [5, 5.41) is 0.640. The highest BCUT2D eigenvalue weighted by Gasteiger charge is 2.17. The fraction of sp³-hybridized carbons (Fsp3) is 0.500. The monoisotopic (exact) mass is 138 g/mol. The minimum absolute atomic E-state index is 0.372. The van der Waals surface area contributed by atoms with Crippen LogP contribution in [-0.4, -0.2) is 12.5 Å². The Morgan fingerprint density at radius 2 is 2.43 bits per heavy atom. The Hall–Kier alpha value is 0.120. The average molecular weight is 139 g/mol. The Labute approximate surface area is 51.9 Å². The van der Waals surface area contributed by atoms with E-state index in [9.17, 15) is 0 Å². The maximum atomic E-state index is 5.49. The number of epoxide rings is 1. The molecule has 0 aromatic rings. The van der Waals surface area contributed by atoms with Crippen LogP contribution in [0.3, 0.4) is 0 Å². The van der Waals surface area contributed by atoms with Gasteiger partial charge in [-0.15, -0.1) is 11.6 Å². The highest BCUT2D eigenvalue weighted by molar-refractivity contribution is 6.36. The fourth-order valence-corrected chi connectivity index (χ4v) is 0.525. The Bertz CT molecular complexity index is 102. The van der Waals surface area contributed by atoms with Gasteiger partial charge in [-0.3, -0.25) is 0 Å². The van der Waals surface area contributed by atoms with Gasteiger partial charge >= 0.3 is 0 Å². The van der Waals surface area contributed by atoms with E-state index in [1.54, 1.807) is 0 Å². The fourth-order valence-electron chi connectivity index (χ4n) is 0.267. The lowest BCUT2D eigenvalue weighted by Crippen LogP contribution is -1.68. The molecule has 1 saturated heterocycles. The van der Waals surface area contributed by atoms with Crippen molar-refractivity contribution >= 4 is 23.2 Å². The summed E-state index contributed by atoms with van der Waals surface area (Å²) in [6.45, 7) is 0.672. The highest BCUT2D eigenvalue weighted by atomic mass is 35.5. The van der Waals surface area contributed by atoms with Gasteiger partial charge in [0.25, 0.3) is 0 Å². The Kier molecular flexibility index (Phi) is 1.45. The summed E-state index contributed by atoms with van der Waals surface area (Å²) in [7, 11) is 0. The number of ether oxygens (including phenoxy) is 1. The van der Waals surface area contributed by atoms with E-state index in [4.69, 9.17) is 27.9 Å². The van der Waals surface area contributed by atoms with Crippen LogP contribution in [0.15, 0.2) is 10.8 Å². The van der Waals surface area contributed by atoms with Gasteiger partial charge in [0.2, 0.25) is 0 Å². The van der Waals surface area contributed by atoms with Crippen LogP contribution >= 0.6 is 23.2 Å². The van der Waals surface area contributed by atoms with Crippen LogP contribution in [-0.2, 0) is 4.74 Å². The largest absolute Gasteiger partial charge is 0.485 e. The van der Waals surface area contributed by atoms with Crippen molar-refractivity contribution in [3.63, 3.8) is 0 Å². The Morgan fingerprint density at radius 3 is 2.57 bits per heavy atom. The van der Waals surface area contributed by atoms with E-state index in [1.807, 2.05) is 0 Å². The second-order valence-corrected chi connectivity index (χ2v) is 1.97. The van der Waals surface area contributed by atoms with E-state index in [2.05, 4.69) is 0 Å². The zero-order valence-electron chi connectivity index (χ0n) is 3.58. The molecular formula is C4H4Cl2O. The van der Waals surface area contributed by atoms with Crippen LogP contribution in [0.4, 0.5) is 0 Å². The first-order valence-electron chi connectivity index (χ1n) is 1.91. The molecule has 0 saturated carbocycles. The predicted molar refractivity (Wildman–Crippen MR) is 29.6 cm³/mol. The number of halogens is 2. The minimum Gasteiger partial charge on any atom is -0.485 e. The molecule has 0 unspecified atom stereocenters. The Balaban J connectivity index is 2.49. The lowest BCUT2D eigenvalue weighted by molar-refractivity contribution is 0.508. The molecule has 0 bridgehead atoms. The molecule has 0 spiro atoms. The van der Waals surface area contributed by atoms with Crippen molar-refractivity contribution in [2.75, 3.05) is 12.5 Å². The first-order chi connectivity index (χ1) is 3.34. The third-order valence-corrected chi connectivity index (χ3v) is 1.46. The summed E-state index contributed by atoms with van der Waals surface area (Å²) >= 11 is 10.8. The molecule has 40 valence electrons. The Morgan fingerprint density at radius 1 is 1.86 bits per heavy atom. The van der Waals surface area contributed by atoms with Crippen molar-refractivity contribution in [2.45, 2.75) is 0 Å². The molecule has 1 aliphatic rings. The van der Waals surface area contributed by atoms with E-state index < -0.39 is 0 Å². The van der Waals surface area contributed by atoms with Crippen molar-refractivity contribution in [3.05, 3.63) is 10.8 Å². The first kappa shape index (κ1) is 5.26. The van der Waals surface area contributed by atoms with Crippen LogP contribution in [0.2, 0.25) is 0 Å². The van der Waals surface area contributed by atoms with Crippen molar-refractivity contribution in [1.82, 2.24) is 0 Å². The topological polar surface area (TPSA) is 12.5 Å². The number of alkyl halides is 1. The van der Waals surface area contributed by atoms with Gasteiger partial charge in [-0.25, -0.2) is 0 Å². The normalized spacial score (nSPS) is 23.7. The van der Waals surface area contributed by atoms with E-state index >= 15 is 0 Å². The summed E-state index contributed by atoms with van der Waals surface area (Å²) in [5.41, 5.74) is 0. The molecule has 1 aliphatic heterocycles. The van der Waals surface area contributed by atoms with E-state index in [0.29, 0.717) is 17.5 Å². The molecule has 0 radical (unpaired) electrons. The molecule has 1 rings (SSSR count). The third kappa shape index (κ3) is 1.25. The second-order valence-electron chi connectivity index (χ2n) is 1.25. The molecule has 1 nitrogen and oxygen atoms in total. The van der Waals surface area contributed by atoms with Crippen LogP contribution in [0.25, 0.3) is 0 Å². The molecule has 1 heterocycles. The van der Waals surface area contributed by atoms with Gasteiger partial charge in [0.05, 0.1) is 10.9 Å². The lowest BCUT2D eigenvalue weighted by Gasteiger charge is -1.78. The average Bonchev–Trinajstić information content (AvgIpc) is 2.44. The van der Waals surface area contributed by atoms with Crippen molar-refractivity contribution < 1.29 is 4.74 Å². The maximum Gasteiger partial charge on any atom is 0.150 e. The van der Waals surface area contributed by atoms with Crippen LogP contribution < -0.4 is 0 Å².